The van der Waals surface area contributed by atoms with Gasteiger partial charge in [0.2, 0.25) is 0 Å². The highest BCUT2D eigenvalue weighted by Crippen LogP contribution is 2.39. The number of ether oxygens (including phenoxy) is 1. The van der Waals surface area contributed by atoms with E-state index in [0.29, 0.717) is 5.69 Å². The number of nitrogens with one attached hydrogen (secondary N) is 1. The summed E-state index contributed by atoms with van der Waals surface area (Å²) in [4.78, 5) is 16.1. The topological polar surface area (TPSA) is 68.1 Å². The summed E-state index contributed by atoms with van der Waals surface area (Å²) >= 11 is 0. The first-order valence-electron chi connectivity index (χ1n) is 10.1. The average Bonchev–Trinajstić information content (AvgIpc) is 3.13. The van der Waals surface area contributed by atoms with Gasteiger partial charge in [0.05, 0.1) is 17.6 Å². The fraction of sp³-hybridized carbons (Fsp3) is 0.192. The highest BCUT2D eigenvalue weighted by atomic mass is 16.5. The number of hydrogen-bond acceptors (Lipinski definition) is 3. The third-order valence-electron chi connectivity index (χ3n) is 5.55. The fourth-order valence-electron chi connectivity index (χ4n) is 3.90. The van der Waals surface area contributed by atoms with Crippen molar-refractivity contribution in [3.05, 3.63) is 88.6 Å². The maximum Gasteiger partial charge on any atom is 0.310 e. The molecule has 0 saturated heterocycles. The lowest BCUT2D eigenvalue weighted by atomic mass is 9.89. The molecule has 0 fully saturated rings. The number of aromatic nitrogens is 1. The van der Waals surface area contributed by atoms with Crippen LogP contribution >= 0.6 is 0 Å². The summed E-state index contributed by atoms with van der Waals surface area (Å²) in [5.74, 6) is -0.263. The van der Waals surface area contributed by atoms with Gasteiger partial charge in [0.1, 0.15) is 6.61 Å². The lowest BCUT2D eigenvalue weighted by molar-refractivity contribution is -0.144. The third-order valence-corrected chi connectivity index (χ3v) is 5.55. The molecule has 0 atom stereocenters. The molecule has 0 aliphatic carbocycles. The molecular formula is C26H26N2O2. The van der Waals surface area contributed by atoms with Crippen molar-refractivity contribution < 1.29 is 9.53 Å². The van der Waals surface area contributed by atoms with Crippen LogP contribution in [0.3, 0.4) is 0 Å². The molecule has 0 radical (unpaired) electrons. The molecule has 30 heavy (non-hydrogen) atoms. The smallest absolute Gasteiger partial charge is 0.310 e. The Morgan fingerprint density at radius 2 is 1.70 bits per heavy atom. The first-order chi connectivity index (χ1) is 14.4. The van der Waals surface area contributed by atoms with Crippen molar-refractivity contribution in [1.29, 1.82) is 0 Å². The standard InChI is InChI=1S/C26H26N2O2/c1-16-9-11-20(12-10-16)24-21(14-23(29)30-15-19-7-5-4-6-8-19)18(3)25(27)26-22(24)13-17(2)28-26/h4-13,28H,14-15,27H2,1-3H3. The largest absolute Gasteiger partial charge is 0.461 e. The van der Waals surface area contributed by atoms with Gasteiger partial charge in [-0.25, -0.2) is 0 Å². The molecule has 0 aliphatic heterocycles. The quantitative estimate of drug-likeness (QED) is 0.338. The molecule has 0 bridgehead atoms. The third kappa shape index (κ3) is 3.81. The van der Waals surface area contributed by atoms with Crippen LogP contribution in [0, 0.1) is 20.8 Å². The number of carbonyl (C=O) groups is 1. The maximum atomic E-state index is 12.8. The van der Waals surface area contributed by atoms with Crippen LogP contribution in [0.4, 0.5) is 5.69 Å². The van der Waals surface area contributed by atoms with E-state index in [1.807, 2.05) is 44.2 Å². The van der Waals surface area contributed by atoms with E-state index < -0.39 is 0 Å². The van der Waals surface area contributed by atoms with Crippen molar-refractivity contribution in [2.24, 2.45) is 0 Å². The normalized spacial score (nSPS) is 11.0. The van der Waals surface area contributed by atoms with E-state index >= 15 is 0 Å². The summed E-state index contributed by atoms with van der Waals surface area (Å²) in [6, 6.07) is 20.2. The predicted octanol–water partition coefficient (Wildman–Crippen LogP) is 5.63. The van der Waals surface area contributed by atoms with Gasteiger partial charge in [-0.2, -0.15) is 0 Å². The summed E-state index contributed by atoms with van der Waals surface area (Å²) in [5, 5.41) is 1.03. The number of aromatic amines is 1. The number of carbonyl (C=O) groups excluding carboxylic acids is 1. The monoisotopic (exact) mass is 398 g/mol. The van der Waals surface area contributed by atoms with Crippen molar-refractivity contribution >= 4 is 22.6 Å². The van der Waals surface area contributed by atoms with Crippen molar-refractivity contribution in [3.8, 4) is 11.1 Å². The van der Waals surface area contributed by atoms with E-state index in [1.165, 1.54) is 5.56 Å². The number of esters is 1. The van der Waals surface area contributed by atoms with Crippen LogP contribution in [0.5, 0.6) is 0 Å². The molecule has 4 nitrogen and oxygen atoms in total. The summed E-state index contributed by atoms with van der Waals surface area (Å²) < 4.78 is 5.57. The number of hydrogen-bond donors (Lipinski definition) is 2. The van der Waals surface area contributed by atoms with Crippen LogP contribution in [-0.4, -0.2) is 11.0 Å². The second-order valence-corrected chi connectivity index (χ2v) is 7.82. The molecule has 1 aromatic heterocycles. The lowest BCUT2D eigenvalue weighted by Crippen LogP contribution is -2.11. The van der Waals surface area contributed by atoms with E-state index in [0.717, 1.165) is 44.4 Å². The Balaban J connectivity index is 1.76. The minimum atomic E-state index is -0.263. The number of H-pyrrole nitrogens is 1. The van der Waals surface area contributed by atoms with Gasteiger partial charge in [-0.1, -0.05) is 60.2 Å². The fourth-order valence-corrected chi connectivity index (χ4v) is 3.90. The molecule has 1 heterocycles. The van der Waals surface area contributed by atoms with Crippen molar-refractivity contribution in [2.75, 3.05) is 5.73 Å². The van der Waals surface area contributed by atoms with Crippen molar-refractivity contribution in [2.45, 2.75) is 33.8 Å². The van der Waals surface area contributed by atoms with Gasteiger partial charge < -0.3 is 15.5 Å². The number of benzene rings is 3. The summed E-state index contributed by atoms with van der Waals surface area (Å²) in [6.07, 6.45) is 0.173. The molecule has 0 unspecified atom stereocenters. The summed E-state index contributed by atoms with van der Waals surface area (Å²) in [5.41, 5.74) is 15.2. The molecule has 0 spiro atoms. The molecule has 4 heteroatoms. The van der Waals surface area contributed by atoms with Gasteiger partial charge in [0.15, 0.2) is 0 Å². The Kier molecular flexibility index (Phi) is 5.32. The first-order valence-corrected chi connectivity index (χ1v) is 10.1. The zero-order valence-electron chi connectivity index (χ0n) is 17.6. The van der Waals surface area contributed by atoms with Gasteiger partial charge >= 0.3 is 5.97 Å². The molecular weight excluding hydrogens is 372 g/mol. The van der Waals surface area contributed by atoms with Crippen LogP contribution in [0.1, 0.15) is 27.9 Å². The Morgan fingerprint density at radius 3 is 2.40 bits per heavy atom. The number of rotatable bonds is 5. The van der Waals surface area contributed by atoms with Gasteiger partial charge in [-0.15, -0.1) is 0 Å². The number of fused-ring (bicyclic) bond motifs is 1. The molecule has 152 valence electrons. The average molecular weight is 399 g/mol. The van der Waals surface area contributed by atoms with Crippen LogP contribution in [-0.2, 0) is 22.6 Å². The molecule has 0 aliphatic rings. The van der Waals surface area contributed by atoms with Crippen LogP contribution in [0.25, 0.3) is 22.0 Å². The molecule has 4 aromatic rings. The number of nitrogens with two attached hydrogens (primary N) is 1. The van der Waals surface area contributed by atoms with Crippen molar-refractivity contribution in [1.82, 2.24) is 4.98 Å². The second-order valence-electron chi connectivity index (χ2n) is 7.82. The second kappa shape index (κ2) is 8.07. The molecule has 4 rings (SSSR count). The maximum absolute atomic E-state index is 12.8. The Hall–Kier alpha value is -3.53. The Bertz CT molecular complexity index is 1210. The zero-order chi connectivity index (χ0) is 21.3. The molecule has 3 aromatic carbocycles. The minimum Gasteiger partial charge on any atom is -0.461 e. The molecule has 0 saturated carbocycles. The highest BCUT2D eigenvalue weighted by Gasteiger charge is 2.21. The van der Waals surface area contributed by atoms with Crippen LogP contribution in [0.15, 0.2) is 60.7 Å². The first kappa shape index (κ1) is 19.8. The van der Waals surface area contributed by atoms with Crippen LogP contribution < -0.4 is 5.73 Å². The van der Waals surface area contributed by atoms with E-state index in [1.54, 1.807) is 0 Å². The summed E-state index contributed by atoms with van der Waals surface area (Å²) in [6.45, 7) is 6.32. The SMILES string of the molecule is Cc1ccc(-c2c(CC(=O)OCc3ccccc3)c(C)c(N)c3[nH]c(C)cc23)cc1. The zero-order valence-corrected chi connectivity index (χ0v) is 17.6. The number of anilines is 1. The predicted molar refractivity (Wildman–Crippen MR) is 122 cm³/mol. The Labute approximate surface area is 176 Å². The number of nitrogen functional groups attached to an aromatic ring is 1. The Morgan fingerprint density at radius 1 is 1.00 bits per heavy atom. The van der Waals surface area contributed by atoms with E-state index in [-0.39, 0.29) is 19.0 Å². The van der Waals surface area contributed by atoms with Gasteiger partial charge in [-0.05, 0) is 54.7 Å². The molecule has 0 amide bonds. The number of aryl methyl sites for hydroxylation is 2. The van der Waals surface area contributed by atoms with E-state index in [2.05, 4.69) is 42.2 Å². The lowest BCUT2D eigenvalue weighted by Gasteiger charge is -2.17. The van der Waals surface area contributed by atoms with Crippen molar-refractivity contribution in [3.63, 3.8) is 0 Å². The van der Waals surface area contributed by atoms with E-state index in [4.69, 9.17) is 10.5 Å². The van der Waals surface area contributed by atoms with Crippen LogP contribution in [0.2, 0.25) is 0 Å². The highest BCUT2D eigenvalue weighted by molar-refractivity contribution is 6.05. The summed E-state index contributed by atoms with van der Waals surface area (Å²) in [7, 11) is 0. The minimum absolute atomic E-state index is 0.173. The van der Waals surface area contributed by atoms with Gasteiger partial charge in [-0.3, -0.25) is 4.79 Å². The van der Waals surface area contributed by atoms with Gasteiger partial charge in [0, 0.05) is 11.1 Å². The molecule has 3 N–H and O–H groups in total. The van der Waals surface area contributed by atoms with Gasteiger partial charge in [0.25, 0.3) is 0 Å². The van der Waals surface area contributed by atoms with E-state index in [9.17, 15) is 4.79 Å².